The zero-order valence-electron chi connectivity index (χ0n) is 8.61. The van der Waals surface area contributed by atoms with Crippen molar-refractivity contribution in [3.63, 3.8) is 0 Å². The van der Waals surface area contributed by atoms with E-state index < -0.39 is 5.60 Å². The molecule has 0 aliphatic heterocycles. The molecular formula is C9H17N3O. The van der Waals surface area contributed by atoms with Gasteiger partial charge in [0.15, 0.2) is 0 Å². The smallest absolute Gasteiger partial charge is 0.112 e. The summed E-state index contributed by atoms with van der Waals surface area (Å²) in [5, 5.41) is 4.21. The number of nitrogens with two attached hydrogens (primary N) is 1. The Morgan fingerprint density at radius 2 is 2.15 bits per heavy atom. The molecule has 0 fully saturated rings. The van der Waals surface area contributed by atoms with Gasteiger partial charge in [-0.2, -0.15) is 5.10 Å². The predicted molar refractivity (Wildman–Crippen MR) is 50.9 cm³/mol. The Hall–Kier alpha value is -0.870. The van der Waals surface area contributed by atoms with E-state index >= 15 is 0 Å². The van der Waals surface area contributed by atoms with Crippen molar-refractivity contribution >= 4 is 0 Å². The lowest BCUT2D eigenvalue weighted by molar-refractivity contribution is -0.0236. The second kappa shape index (κ2) is 3.47. The predicted octanol–water partition coefficient (Wildman–Crippen LogP) is 1.59. The maximum atomic E-state index is 5.19. The molecule has 0 saturated carbocycles. The van der Waals surface area contributed by atoms with Crippen molar-refractivity contribution in [1.29, 1.82) is 0 Å². The third kappa shape index (κ3) is 2.08. The maximum Gasteiger partial charge on any atom is 0.112 e. The molecule has 0 saturated heterocycles. The van der Waals surface area contributed by atoms with Crippen molar-refractivity contribution in [3.8, 4) is 0 Å². The number of rotatable bonds is 3. The van der Waals surface area contributed by atoms with Gasteiger partial charge in [0.1, 0.15) is 5.60 Å². The minimum atomic E-state index is -0.465. The maximum absolute atomic E-state index is 5.19. The van der Waals surface area contributed by atoms with E-state index in [-0.39, 0.29) is 0 Å². The molecule has 13 heavy (non-hydrogen) atoms. The Kier molecular flexibility index (Phi) is 2.73. The first-order valence-corrected chi connectivity index (χ1v) is 4.40. The van der Waals surface area contributed by atoms with Gasteiger partial charge in [-0.15, -0.1) is 0 Å². The Morgan fingerprint density at radius 3 is 2.54 bits per heavy atom. The van der Waals surface area contributed by atoms with Crippen LogP contribution < -0.4 is 5.90 Å². The SMILES string of the molecule is CC(C)n1cc(C(C)(C)ON)cn1. The van der Waals surface area contributed by atoms with E-state index in [4.69, 9.17) is 10.7 Å². The summed E-state index contributed by atoms with van der Waals surface area (Å²) in [5.74, 6) is 5.19. The minimum Gasteiger partial charge on any atom is -0.294 e. The fourth-order valence-corrected chi connectivity index (χ4v) is 0.999. The van der Waals surface area contributed by atoms with E-state index in [1.165, 1.54) is 0 Å². The van der Waals surface area contributed by atoms with Crippen LogP contribution in [-0.2, 0) is 10.4 Å². The molecule has 1 heterocycles. The van der Waals surface area contributed by atoms with Gasteiger partial charge in [0.05, 0.1) is 6.20 Å². The summed E-state index contributed by atoms with van der Waals surface area (Å²) >= 11 is 0. The van der Waals surface area contributed by atoms with Gasteiger partial charge < -0.3 is 0 Å². The fraction of sp³-hybridized carbons (Fsp3) is 0.667. The van der Waals surface area contributed by atoms with Crippen LogP contribution in [0.25, 0.3) is 0 Å². The highest BCUT2D eigenvalue weighted by Gasteiger charge is 2.22. The first-order valence-electron chi connectivity index (χ1n) is 4.40. The average Bonchev–Trinajstić information content (AvgIpc) is 2.52. The minimum absolute atomic E-state index is 0.363. The quantitative estimate of drug-likeness (QED) is 0.724. The first-order chi connectivity index (χ1) is 5.97. The molecule has 4 heteroatoms. The Labute approximate surface area is 78.6 Å². The van der Waals surface area contributed by atoms with Gasteiger partial charge in [-0.3, -0.25) is 9.52 Å². The normalized spacial score (nSPS) is 12.5. The number of aromatic nitrogens is 2. The molecule has 1 rings (SSSR count). The highest BCUT2D eigenvalue weighted by atomic mass is 16.6. The van der Waals surface area contributed by atoms with Gasteiger partial charge in [0.2, 0.25) is 0 Å². The summed E-state index contributed by atoms with van der Waals surface area (Å²) in [7, 11) is 0. The molecule has 1 aromatic heterocycles. The second-order valence-corrected chi connectivity index (χ2v) is 3.93. The van der Waals surface area contributed by atoms with Crippen LogP contribution in [0.3, 0.4) is 0 Å². The monoisotopic (exact) mass is 183 g/mol. The summed E-state index contributed by atoms with van der Waals surface area (Å²) in [5.41, 5.74) is 0.524. The van der Waals surface area contributed by atoms with Crippen molar-refractivity contribution in [3.05, 3.63) is 18.0 Å². The molecule has 1 aromatic rings. The molecule has 0 amide bonds. The van der Waals surface area contributed by atoms with Crippen LogP contribution >= 0.6 is 0 Å². The topological polar surface area (TPSA) is 53.1 Å². The molecule has 0 aliphatic rings. The van der Waals surface area contributed by atoms with Crippen LogP contribution in [0.1, 0.15) is 39.3 Å². The summed E-state index contributed by atoms with van der Waals surface area (Å²) in [4.78, 5) is 4.86. The zero-order valence-corrected chi connectivity index (χ0v) is 8.61. The third-order valence-corrected chi connectivity index (χ3v) is 2.12. The molecule has 0 radical (unpaired) electrons. The van der Waals surface area contributed by atoms with E-state index in [0.29, 0.717) is 6.04 Å². The van der Waals surface area contributed by atoms with Crippen molar-refractivity contribution in [2.24, 2.45) is 5.90 Å². The van der Waals surface area contributed by atoms with Crippen LogP contribution in [0.15, 0.2) is 12.4 Å². The van der Waals surface area contributed by atoms with Crippen LogP contribution in [0, 0.1) is 0 Å². The van der Waals surface area contributed by atoms with Crippen LogP contribution in [-0.4, -0.2) is 9.78 Å². The molecule has 0 atom stereocenters. The lowest BCUT2D eigenvalue weighted by atomic mass is 10.0. The van der Waals surface area contributed by atoms with Crippen molar-refractivity contribution in [2.75, 3.05) is 0 Å². The van der Waals surface area contributed by atoms with E-state index in [2.05, 4.69) is 18.9 Å². The molecule has 0 bridgehead atoms. The largest absolute Gasteiger partial charge is 0.294 e. The van der Waals surface area contributed by atoms with Gasteiger partial charge in [0.25, 0.3) is 0 Å². The van der Waals surface area contributed by atoms with Crippen molar-refractivity contribution in [1.82, 2.24) is 9.78 Å². The molecule has 0 spiro atoms. The molecule has 0 aliphatic carbocycles. The summed E-state index contributed by atoms with van der Waals surface area (Å²) in [6.45, 7) is 7.98. The van der Waals surface area contributed by atoms with E-state index in [1.807, 2.05) is 24.7 Å². The van der Waals surface area contributed by atoms with E-state index in [1.54, 1.807) is 6.20 Å². The molecule has 4 nitrogen and oxygen atoms in total. The molecule has 0 unspecified atom stereocenters. The van der Waals surface area contributed by atoms with Crippen LogP contribution in [0.2, 0.25) is 0 Å². The second-order valence-electron chi connectivity index (χ2n) is 3.93. The third-order valence-electron chi connectivity index (χ3n) is 2.12. The van der Waals surface area contributed by atoms with E-state index in [0.717, 1.165) is 5.56 Å². The van der Waals surface area contributed by atoms with Gasteiger partial charge in [-0.1, -0.05) is 0 Å². The molecule has 2 N–H and O–H groups in total. The van der Waals surface area contributed by atoms with Gasteiger partial charge >= 0.3 is 0 Å². The summed E-state index contributed by atoms with van der Waals surface area (Å²) in [6, 6.07) is 0.363. The highest BCUT2D eigenvalue weighted by Crippen LogP contribution is 2.22. The Bertz CT molecular complexity index is 278. The number of hydrogen-bond acceptors (Lipinski definition) is 3. The average molecular weight is 183 g/mol. The summed E-state index contributed by atoms with van der Waals surface area (Å²) < 4.78 is 1.89. The summed E-state index contributed by atoms with van der Waals surface area (Å²) in [6.07, 6.45) is 3.74. The number of nitrogens with zero attached hydrogens (tertiary/aromatic N) is 2. The number of hydrogen-bond donors (Lipinski definition) is 1. The molecular weight excluding hydrogens is 166 g/mol. The zero-order chi connectivity index (χ0) is 10.1. The van der Waals surface area contributed by atoms with Gasteiger partial charge in [0, 0.05) is 17.8 Å². The molecule has 74 valence electrons. The standard InChI is InChI=1S/C9H17N3O/c1-7(2)12-6-8(5-11-12)9(3,4)13-10/h5-7H,10H2,1-4H3. The lowest BCUT2D eigenvalue weighted by Crippen LogP contribution is -2.24. The lowest BCUT2D eigenvalue weighted by Gasteiger charge is -2.19. The first kappa shape index (κ1) is 10.2. The van der Waals surface area contributed by atoms with E-state index in [9.17, 15) is 0 Å². The highest BCUT2D eigenvalue weighted by molar-refractivity contribution is 5.13. The van der Waals surface area contributed by atoms with Gasteiger partial charge in [-0.05, 0) is 27.7 Å². The Morgan fingerprint density at radius 1 is 1.54 bits per heavy atom. The van der Waals surface area contributed by atoms with Crippen molar-refractivity contribution < 1.29 is 4.84 Å². The fourth-order valence-electron chi connectivity index (χ4n) is 0.999. The molecule has 0 aromatic carbocycles. The van der Waals surface area contributed by atoms with Crippen LogP contribution in [0.4, 0.5) is 0 Å². The van der Waals surface area contributed by atoms with Crippen molar-refractivity contribution in [2.45, 2.75) is 39.3 Å². The Balaban J connectivity index is 2.91. The van der Waals surface area contributed by atoms with Crippen LogP contribution in [0.5, 0.6) is 0 Å². The van der Waals surface area contributed by atoms with Gasteiger partial charge in [-0.25, -0.2) is 5.90 Å².